The van der Waals surface area contributed by atoms with E-state index in [9.17, 15) is 4.79 Å². The minimum absolute atomic E-state index is 0.0407. The van der Waals surface area contributed by atoms with Gasteiger partial charge in [-0.1, -0.05) is 13.8 Å². The third-order valence-electron chi connectivity index (χ3n) is 4.20. The van der Waals surface area contributed by atoms with E-state index >= 15 is 0 Å². The molecule has 0 fully saturated rings. The standard InChI is InChI=1S/C17H21NO2/c1-11-5-6-16(20-11)12(2)18-8-7-13-14(18)9-17(3,4)10-15(13)19/h5-8,12H,9-10H2,1-4H3. The lowest BCUT2D eigenvalue weighted by Gasteiger charge is -2.30. The Kier molecular flexibility index (Phi) is 2.89. The molecule has 3 nitrogen and oxygen atoms in total. The summed E-state index contributed by atoms with van der Waals surface area (Å²) < 4.78 is 7.92. The van der Waals surface area contributed by atoms with Crippen LogP contribution < -0.4 is 0 Å². The van der Waals surface area contributed by atoms with Crippen LogP contribution in [0.2, 0.25) is 0 Å². The zero-order chi connectivity index (χ0) is 14.5. The quantitative estimate of drug-likeness (QED) is 0.822. The highest BCUT2D eigenvalue weighted by atomic mass is 16.3. The average molecular weight is 271 g/mol. The molecule has 20 heavy (non-hydrogen) atoms. The number of aromatic nitrogens is 1. The van der Waals surface area contributed by atoms with Crippen LogP contribution in [-0.4, -0.2) is 10.4 Å². The Hall–Kier alpha value is -1.77. The molecule has 0 aliphatic heterocycles. The molecule has 1 atom stereocenters. The van der Waals surface area contributed by atoms with Crippen LogP contribution in [0.4, 0.5) is 0 Å². The summed E-state index contributed by atoms with van der Waals surface area (Å²) in [4.78, 5) is 12.2. The Morgan fingerprint density at radius 1 is 1.25 bits per heavy atom. The van der Waals surface area contributed by atoms with Gasteiger partial charge in [0.05, 0.1) is 6.04 Å². The number of nitrogens with zero attached hydrogens (tertiary/aromatic N) is 1. The number of carbonyl (C=O) groups is 1. The number of hydrogen-bond donors (Lipinski definition) is 0. The van der Waals surface area contributed by atoms with Crippen molar-refractivity contribution in [1.29, 1.82) is 0 Å². The lowest BCUT2D eigenvalue weighted by atomic mass is 9.76. The van der Waals surface area contributed by atoms with E-state index in [4.69, 9.17) is 4.42 Å². The Balaban J connectivity index is 2.02. The first kappa shape index (κ1) is 13.2. The van der Waals surface area contributed by atoms with E-state index in [1.807, 2.05) is 31.3 Å². The number of furan rings is 1. The summed E-state index contributed by atoms with van der Waals surface area (Å²) in [5.74, 6) is 2.12. The van der Waals surface area contributed by atoms with Crippen molar-refractivity contribution >= 4 is 5.78 Å². The number of rotatable bonds is 2. The van der Waals surface area contributed by atoms with Gasteiger partial charge in [-0.25, -0.2) is 0 Å². The Morgan fingerprint density at radius 2 is 2.00 bits per heavy atom. The van der Waals surface area contributed by atoms with Gasteiger partial charge in [-0.3, -0.25) is 4.79 Å². The molecule has 2 aromatic rings. The van der Waals surface area contributed by atoms with Crippen LogP contribution in [0, 0.1) is 12.3 Å². The molecule has 0 amide bonds. The molecular formula is C17H21NO2. The molecule has 106 valence electrons. The van der Waals surface area contributed by atoms with Crippen LogP contribution in [-0.2, 0) is 6.42 Å². The molecule has 2 heterocycles. The summed E-state index contributed by atoms with van der Waals surface area (Å²) in [7, 11) is 0. The zero-order valence-corrected chi connectivity index (χ0v) is 12.6. The lowest BCUT2D eigenvalue weighted by Crippen LogP contribution is -2.28. The van der Waals surface area contributed by atoms with Crippen molar-refractivity contribution in [2.75, 3.05) is 0 Å². The summed E-state index contributed by atoms with van der Waals surface area (Å²) in [6.45, 7) is 8.39. The summed E-state index contributed by atoms with van der Waals surface area (Å²) in [5.41, 5.74) is 2.08. The van der Waals surface area contributed by atoms with Crippen molar-refractivity contribution in [2.45, 2.75) is 46.6 Å². The highest BCUT2D eigenvalue weighted by Crippen LogP contribution is 2.37. The lowest BCUT2D eigenvalue weighted by molar-refractivity contribution is 0.0909. The SMILES string of the molecule is Cc1ccc(C(C)n2ccc3c2CC(C)(C)CC3=O)o1. The molecular weight excluding hydrogens is 250 g/mol. The second kappa shape index (κ2) is 4.37. The number of aryl methyl sites for hydroxylation is 1. The van der Waals surface area contributed by atoms with E-state index in [1.54, 1.807) is 0 Å². The average Bonchev–Trinajstić information content (AvgIpc) is 2.93. The number of carbonyl (C=O) groups excluding carboxylic acids is 1. The van der Waals surface area contributed by atoms with Crippen LogP contribution in [0.25, 0.3) is 0 Å². The predicted molar refractivity (Wildman–Crippen MR) is 78.1 cm³/mol. The van der Waals surface area contributed by atoms with Crippen LogP contribution in [0.3, 0.4) is 0 Å². The minimum Gasteiger partial charge on any atom is -0.464 e. The molecule has 0 radical (unpaired) electrons. The van der Waals surface area contributed by atoms with Crippen molar-refractivity contribution < 1.29 is 9.21 Å². The maximum Gasteiger partial charge on any atom is 0.165 e. The monoisotopic (exact) mass is 271 g/mol. The number of ketones is 1. The van der Waals surface area contributed by atoms with E-state index < -0.39 is 0 Å². The van der Waals surface area contributed by atoms with E-state index in [1.165, 1.54) is 0 Å². The summed E-state index contributed by atoms with van der Waals surface area (Å²) in [6.07, 6.45) is 3.59. The normalized spacial score (nSPS) is 18.9. The highest BCUT2D eigenvalue weighted by Gasteiger charge is 2.34. The Labute approximate surface area is 119 Å². The molecule has 0 N–H and O–H groups in total. The molecule has 0 spiro atoms. The van der Waals surface area contributed by atoms with Gasteiger partial charge in [-0.05, 0) is 43.9 Å². The maximum atomic E-state index is 12.2. The summed E-state index contributed by atoms with van der Waals surface area (Å²) in [6, 6.07) is 6.08. The van der Waals surface area contributed by atoms with E-state index in [2.05, 4.69) is 25.3 Å². The first-order valence-corrected chi connectivity index (χ1v) is 7.17. The van der Waals surface area contributed by atoms with Gasteiger partial charge in [0.15, 0.2) is 5.78 Å². The smallest absolute Gasteiger partial charge is 0.165 e. The second-order valence-corrected chi connectivity index (χ2v) is 6.65. The van der Waals surface area contributed by atoms with Crippen LogP contribution >= 0.6 is 0 Å². The van der Waals surface area contributed by atoms with Gasteiger partial charge in [0, 0.05) is 23.9 Å². The molecule has 2 aromatic heterocycles. The van der Waals surface area contributed by atoms with Gasteiger partial charge < -0.3 is 8.98 Å². The van der Waals surface area contributed by atoms with Crippen molar-refractivity contribution in [3.05, 3.63) is 47.2 Å². The molecule has 1 aliphatic rings. The highest BCUT2D eigenvalue weighted by molar-refractivity contribution is 5.98. The van der Waals surface area contributed by atoms with Crippen molar-refractivity contribution in [3.63, 3.8) is 0 Å². The third-order valence-corrected chi connectivity index (χ3v) is 4.20. The molecule has 1 aliphatic carbocycles. The zero-order valence-electron chi connectivity index (χ0n) is 12.6. The molecule has 0 saturated heterocycles. The largest absolute Gasteiger partial charge is 0.464 e. The van der Waals surface area contributed by atoms with E-state index in [0.717, 1.165) is 29.2 Å². The molecule has 0 aromatic carbocycles. The van der Waals surface area contributed by atoms with Gasteiger partial charge in [0.25, 0.3) is 0 Å². The van der Waals surface area contributed by atoms with Crippen molar-refractivity contribution in [1.82, 2.24) is 4.57 Å². The first-order chi connectivity index (χ1) is 9.37. The van der Waals surface area contributed by atoms with Crippen molar-refractivity contribution in [3.8, 4) is 0 Å². The van der Waals surface area contributed by atoms with Gasteiger partial charge in [-0.2, -0.15) is 0 Å². The van der Waals surface area contributed by atoms with Gasteiger partial charge in [0.2, 0.25) is 0 Å². The number of hydrogen-bond acceptors (Lipinski definition) is 2. The van der Waals surface area contributed by atoms with Gasteiger partial charge in [-0.15, -0.1) is 0 Å². The van der Waals surface area contributed by atoms with Crippen LogP contribution in [0.15, 0.2) is 28.8 Å². The molecule has 3 heteroatoms. The van der Waals surface area contributed by atoms with E-state index in [-0.39, 0.29) is 17.2 Å². The number of Topliss-reactive ketones (excluding diaryl/α,β-unsaturated/α-hetero) is 1. The van der Waals surface area contributed by atoms with Crippen LogP contribution in [0.5, 0.6) is 0 Å². The predicted octanol–water partition coefficient (Wildman–Crippen LogP) is 4.15. The van der Waals surface area contributed by atoms with E-state index in [0.29, 0.717) is 6.42 Å². The molecule has 3 rings (SSSR count). The van der Waals surface area contributed by atoms with Gasteiger partial charge in [0.1, 0.15) is 11.5 Å². The minimum atomic E-state index is 0.0407. The first-order valence-electron chi connectivity index (χ1n) is 7.17. The fourth-order valence-corrected chi connectivity index (χ4v) is 3.14. The molecule has 0 saturated carbocycles. The molecule has 1 unspecified atom stereocenters. The summed E-state index contributed by atoms with van der Waals surface area (Å²) in [5, 5.41) is 0. The molecule has 0 bridgehead atoms. The Morgan fingerprint density at radius 3 is 2.65 bits per heavy atom. The Bertz CT molecular complexity index is 660. The fourth-order valence-electron chi connectivity index (χ4n) is 3.14. The van der Waals surface area contributed by atoms with Gasteiger partial charge >= 0.3 is 0 Å². The number of fused-ring (bicyclic) bond motifs is 1. The fraction of sp³-hybridized carbons (Fsp3) is 0.471. The van der Waals surface area contributed by atoms with Crippen LogP contribution in [0.1, 0.15) is 60.8 Å². The second-order valence-electron chi connectivity index (χ2n) is 6.65. The third kappa shape index (κ3) is 2.11. The topological polar surface area (TPSA) is 35.1 Å². The van der Waals surface area contributed by atoms with Crippen molar-refractivity contribution in [2.24, 2.45) is 5.41 Å². The summed E-state index contributed by atoms with van der Waals surface area (Å²) >= 11 is 0. The maximum absolute atomic E-state index is 12.2.